The average molecular weight is 263 g/mol. The van der Waals surface area contributed by atoms with E-state index in [2.05, 4.69) is 26.1 Å². The first-order chi connectivity index (χ1) is 8.98. The van der Waals surface area contributed by atoms with Crippen LogP contribution in [0.15, 0.2) is 24.3 Å². The smallest absolute Gasteiger partial charge is 0.251 e. The molecule has 3 nitrogen and oxygen atoms in total. The standard InChI is InChI=1S/C16H25NO2/c1-5-6-7-12-16(2,3)17-15(18)13-8-10-14(19-4)11-9-13/h8-11H,5-7,12H2,1-4H3,(H,17,18). The van der Waals surface area contributed by atoms with Crippen molar-refractivity contribution in [2.45, 2.75) is 52.0 Å². The average Bonchev–Trinajstić information content (AvgIpc) is 2.38. The normalized spacial score (nSPS) is 11.2. The number of carbonyl (C=O) groups excluding carboxylic acids is 1. The van der Waals surface area contributed by atoms with Gasteiger partial charge in [-0.15, -0.1) is 0 Å². The highest BCUT2D eigenvalue weighted by atomic mass is 16.5. The fourth-order valence-electron chi connectivity index (χ4n) is 2.00. The van der Waals surface area contributed by atoms with Gasteiger partial charge in [0.2, 0.25) is 0 Å². The predicted octanol–water partition coefficient (Wildman–Crippen LogP) is 3.78. The lowest BCUT2D eigenvalue weighted by atomic mass is 9.96. The van der Waals surface area contributed by atoms with E-state index in [0.717, 1.165) is 18.6 Å². The number of ether oxygens (including phenoxy) is 1. The van der Waals surface area contributed by atoms with E-state index in [1.165, 1.54) is 12.8 Å². The molecule has 0 radical (unpaired) electrons. The van der Waals surface area contributed by atoms with Crippen molar-refractivity contribution in [3.63, 3.8) is 0 Å². The van der Waals surface area contributed by atoms with Gasteiger partial charge in [-0.25, -0.2) is 0 Å². The second kappa shape index (κ2) is 7.17. The molecule has 0 saturated heterocycles. The molecule has 1 rings (SSSR count). The number of unbranched alkanes of at least 4 members (excludes halogenated alkanes) is 2. The third-order valence-corrected chi connectivity index (χ3v) is 3.21. The SMILES string of the molecule is CCCCCC(C)(C)NC(=O)c1ccc(OC)cc1. The molecule has 1 amide bonds. The molecule has 1 N–H and O–H groups in total. The van der Waals surface area contributed by atoms with E-state index >= 15 is 0 Å². The van der Waals surface area contributed by atoms with Gasteiger partial charge in [0.05, 0.1) is 7.11 Å². The minimum absolute atomic E-state index is 0.0239. The summed E-state index contributed by atoms with van der Waals surface area (Å²) in [6, 6.07) is 7.19. The van der Waals surface area contributed by atoms with Crippen LogP contribution in [0.4, 0.5) is 0 Å². The lowest BCUT2D eigenvalue weighted by Crippen LogP contribution is -2.43. The number of nitrogens with one attached hydrogen (secondary N) is 1. The van der Waals surface area contributed by atoms with Crippen LogP contribution in [0.2, 0.25) is 0 Å². The summed E-state index contributed by atoms with van der Waals surface area (Å²) in [5.74, 6) is 0.739. The Balaban J connectivity index is 2.57. The maximum atomic E-state index is 12.1. The quantitative estimate of drug-likeness (QED) is 0.760. The minimum Gasteiger partial charge on any atom is -0.497 e. The first-order valence-electron chi connectivity index (χ1n) is 6.95. The van der Waals surface area contributed by atoms with Gasteiger partial charge < -0.3 is 10.1 Å². The summed E-state index contributed by atoms with van der Waals surface area (Å²) in [4.78, 5) is 12.1. The third-order valence-electron chi connectivity index (χ3n) is 3.21. The molecule has 1 aromatic carbocycles. The number of methoxy groups -OCH3 is 1. The molecule has 0 aliphatic rings. The topological polar surface area (TPSA) is 38.3 Å². The van der Waals surface area contributed by atoms with Crippen LogP contribution in [-0.4, -0.2) is 18.6 Å². The summed E-state index contributed by atoms with van der Waals surface area (Å²) in [5.41, 5.74) is 0.510. The summed E-state index contributed by atoms with van der Waals surface area (Å²) in [5, 5.41) is 3.09. The molecule has 0 atom stereocenters. The molecule has 3 heteroatoms. The van der Waals surface area contributed by atoms with Gasteiger partial charge in [0.25, 0.3) is 5.91 Å². The van der Waals surface area contributed by atoms with E-state index in [1.54, 1.807) is 31.4 Å². The fourth-order valence-corrected chi connectivity index (χ4v) is 2.00. The third kappa shape index (κ3) is 5.33. The molecule has 1 aromatic rings. The molecular formula is C16H25NO2. The molecule has 0 aliphatic heterocycles. The Labute approximate surface area is 116 Å². The maximum absolute atomic E-state index is 12.1. The summed E-state index contributed by atoms with van der Waals surface area (Å²) >= 11 is 0. The van der Waals surface area contributed by atoms with Crippen LogP contribution in [0.5, 0.6) is 5.75 Å². The summed E-state index contributed by atoms with van der Waals surface area (Å²) in [7, 11) is 1.62. The van der Waals surface area contributed by atoms with Crippen LogP contribution in [0.25, 0.3) is 0 Å². The van der Waals surface area contributed by atoms with Gasteiger partial charge >= 0.3 is 0 Å². The summed E-state index contributed by atoms with van der Waals surface area (Å²) in [6.45, 7) is 6.33. The van der Waals surface area contributed by atoms with Crippen LogP contribution in [0, 0.1) is 0 Å². The second-order valence-corrected chi connectivity index (χ2v) is 5.52. The molecule has 106 valence electrons. The first kappa shape index (κ1) is 15.5. The lowest BCUT2D eigenvalue weighted by molar-refractivity contribution is 0.0908. The van der Waals surface area contributed by atoms with E-state index in [1.807, 2.05) is 0 Å². The second-order valence-electron chi connectivity index (χ2n) is 5.52. The zero-order valence-corrected chi connectivity index (χ0v) is 12.5. The van der Waals surface area contributed by atoms with Gasteiger partial charge in [0.1, 0.15) is 5.75 Å². The van der Waals surface area contributed by atoms with E-state index < -0.39 is 0 Å². The Morgan fingerprint density at radius 1 is 1.21 bits per heavy atom. The van der Waals surface area contributed by atoms with Crippen molar-refractivity contribution in [3.8, 4) is 5.75 Å². The molecule has 0 heterocycles. The van der Waals surface area contributed by atoms with Gasteiger partial charge in [-0.3, -0.25) is 4.79 Å². The Bertz CT molecular complexity index is 396. The molecule has 19 heavy (non-hydrogen) atoms. The van der Waals surface area contributed by atoms with E-state index in [-0.39, 0.29) is 11.4 Å². The first-order valence-corrected chi connectivity index (χ1v) is 6.95. The van der Waals surface area contributed by atoms with E-state index in [9.17, 15) is 4.79 Å². The maximum Gasteiger partial charge on any atom is 0.251 e. The van der Waals surface area contributed by atoms with Crippen molar-refractivity contribution in [1.82, 2.24) is 5.32 Å². The fraction of sp³-hybridized carbons (Fsp3) is 0.562. The predicted molar refractivity (Wildman–Crippen MR) is 78.7 cm³/mol. The van der Waals surface area contributed by atoms with Crippen molar-refractivity contribution >= 4 is 5.91 Å². The Morgan fingerprint density at radius 2 is 1.84 bits per heavy atom. The number of amides is 1. The lowest BCUT2D eigenvalue weighted by Gasteiger charge is -2.26. The number of carbonyl (C=O) groups is 1. The number of benzene rings is 1. The number of rotatable bonds is 7. The van der Waals surface area contributed by atoms with E-state index in [4.69, 9.17) is 4.74 Å². The molecular weight excluding hydrogens is 238 g/mol. The summed E-state index contributed by atoms with van der Waals surface area (Å²) in [6.07, 6.45) is 4.56. The highest BCUT2D eigenvalue weighted by Crippen LogP contribution is 2.16. The van der Waals surface area contributed by atoms with Gasteiger partial charge in [-0.2, -0.15) is 0 Å². The Hall–Kier alpha value is -1.51. The Kier molecular flexibility index (Phi) is 5.87. The zero-order valence-electron chi connectivity index (χ0n) is 12.5. The van der Waals surface area contributed by atoms with Crippen molar-refractivity contribution in [2.24, 2.45) is 0 Å². The van der Waals surface area contributed by atoms with Crippen molar-refractivity contribution in [3.05, 3.63) is 29.8 Å². The van der Waals surface area contributed by atoms with Gasteiger partial charge in [-0.1, -0.05) is 26.2 Å². The summed E-state index contributed by atoms with van der Waals surface area (Å²) < 4.78 is 5.08. The molecule has 0 unspecified atom stereocenters. The van der Waals surface area contributed by atoms with Crippen molar-refractivity contribution in [1.29, 1.82) is 0 Å². The van der Waals surface area contributed by atoms with Gasteiger partial charge in [-0.05, 0) is 44.5 Å². The molecule has 0 aliphatic carbocycles. The molecule has 0 spiro atoms. The molecule has 0 aromatic heterocycles. The molecule has 0 fully saturated rings. The zero-order chi connectivity index (χ0) is 14.3. The van der Waals surface area contributed by atoms with Crippen LogP contribution in [-0.2, 0) is 0 Å². The largest absolute Gasteiger partial charge is 0.497 e. The van der Waals surface area contributed by atoms with Crippen LogP contribution >= 0.6 is 0 Å². The van der Waals surface area contributed by atoms with Gasteiger partial charge in [0.15, 0.2) is 0 Å². The van der Waals surface area contributed by atoms with Crippen molar-refractivity contribution in [2.75, 3.05) is 7.11 Å². The highest BCUT2D eigenvalue weighted by molar-refractivity contribution is 5.94. The molecule has 0 bridgehead atoms. The molecule has 0 saturated carbocycles. The van der Waals surface area contributed by atoms with Crippen LogP contribution < -0.4 is 10.1 Å². The monoisotopic (exact) mass is 263 g/mol. The van der Waals surface area contributed by atoms with E-state index in [0.29, 0.717) is 5.56 Å². The number of hydrogen-bond donors (Lipinski definition) is 1. The van der Waals surface area contributed by atoms with Crippen LogP contribution in [0.3, 0.4) is 0 Å². The van der Waals surface area contributed by atoms with Crippen LogP contribution in [0.1, 0.15) is 56.8 Å². The number of hydrogen-bond acceptors (Lipinski definition) is 2. The minimum atomic E-state index is -0.161. The van der Waals surface area contributed by atoms with Gasteiger partial charge in [0, 0.05) is 11.1 Å². The highest BCUT2D eigenvalue weighted by Gasteiger charge is 2.20. The van der Waals surface area contributed by atoms with Crippen molar-refractivity contribution < 1.29 is 9.53 Å². The Morgan fingerprint density at radius 3 is 2.37 bits per heavy atom.